The molecule has 0 atom stereocenters. The fourth-order valence-electron chi connectivity index (χ4n) is 0.566. The van der Waals surface area contributed by atoms with Gasteiger partial charge in [0, 0.05) is 24.8 Å². The monoisotopic (exact) mass is 391 g/mol. The lowest BCUT2D eigenvalue weighted by molar-refractivity contribution is 0.736. The van der Waals surface area contributed by atoms with Crippen molar-refractivity contribution in [2.45, 2.75) is 83.1 Å². The molecule has 0 aromatic carbocycles. The number of nitrogens with zero attached hydrogens (tertiary/aromatic N) is 3. The molecule has 0 aliphatic heterocycles. The minimum absolute atomic E-state index is 0.833. The Morgan fingerprint density at radius 3 is 0.679 bits per heavy atom. The Morgan fingerprint density at radius 1 is 0.357 bits per heavy atom. The van der Waals surface area contributed by atoms with Crippen molar-refractivity contribution in [2.75, 3.05) is 0 Å². The van der Waals surface area contributed by atoms with Gasteiger partial charge in [-0.1, -0.05) is 89.2 Å². The molecule has 0 aliphatic rings. The molecule has 2 aromatic rings. The highest BCUT2D eigenvalue weighted by Crippen LogP contribution is 1.82. The number of hydrogen-bond acceptors (Lipinski definition) is 3. The molecule has 164 valence electrons. The average molecular weight is 392 g/mol. The zero-order valence-corrected chi connectivity index (χ0v) is 20.8. The van der Waals surface area contributed by atoms with Gasteiger partial charge in [-0.05, 0) is 41.9 Å². The average Bonchev–Trinajstić information content (AvgIpc) is 2.56. The minimum atomic E-state index is 0.833. The van der Waals surface area contributed by atoms with Gasteiger partial charge >= 0.3 is 0 Å². The van der Waals surface area contributed by atoms with Gasteiger partial charge in [0.2, 0.25) is 0 Å². The van der Waals surface area contributed by atoms with Crippen LogP contribution in [-0.2, 0) is 0 Å². The van der Waals surface area contributed by atoms with Gasteiger partial charge in [-0.15, -0.1) is 0 Å². The minimum Gasteiger partial charge on any atom is -0.265 e. The van der Waals surface area contributed by atoms with Gasteiger partial charge in [-0.3, -0.25) is 4.98 Å². The van der Waals surface area contributed by atoms with Crippen molar-refractivity contribution in [3.8, 4) is 0 Å². The highest BCUT2D eigenvalue weighted by Gasteiger charge is 1.69. The van der Waals surface area contributed by atoms with Crippen molar-refractivity contribution in [3.05, 3.63) is 55.4 Å². The van der Waals surface area contributed by atoms with Gasteiger partial charge < -0.3 is 0 Å². The lowest BCUT2D eigenvalue weighted by Gasteiger charge is -1.79. The van der Waals surface area contributed by atoms with Crippen LogP contribution in [0.4, 0.5) is 0 Å². The van der Waals surface area contributed by atoms with Gasteiger partial charge in [0.15, 0.2) is 0 Å². The summed E-state index contributed by atoms with van der Waals surface area (Å²) >= 11 is 0. The van der Waals surface area contributed by atoms with Gasteiger partial charge in [-0.25, -0.2) is 9.97 Å². The maximum absolute atomic E-state index is 3.78. The first kappa shape index (κ1) is 33.8. The predicted molar refractivity (Wildman–Crippen MR) is 128 cm³/mol. The molecular weight excluding hydrogens is 342 g/mol. The van der Waals surface area contributed by atoms with E-state index in [1.54, 1.807) is 30.9 Å². The summed E-state index contributed by atoms with van der Waals surface area (Å²) in [5.74, 6) is 3.33. The Balaban J connectivity index is -0.000000125. The van der Waals surface area contributed by atoms with E-state index in [9.17, 15) is 0 Å². The van der Waals surface area contributed by atoms with Crippen LogP contribution in [0.25, 0.3) is 0 Å². The highest BCUT2D eigenvalue weighted by molar-refractivity contribution is 4.88. The van der Waals surface area contributed by atoms with Crippen molar-refractivity contribution in [1.82, 2.24) is 15.0 Å². The van der Waals surface area contributed by atoms with Crippen LogP contribution < -0.4 is 0 Å². The van der Waals surface area contributed by atoms with Crippen LogP contribution in [0.1, 0.15) is 83.1 Å². The Bertz CT molecular complexity index is 306. The summed E-state index contributed by atoms with van der Waals surface area (Å²) < 4.78 is 0. The van der Waals surface area contributed by atoms with E-state index in [1.807, 2.05) is 18.2 Å². The summed E-state index contributed by atoms with van der Waals surface area (Å²) in [5, 5.41) is 0. The molecule has 0 saturated carbocycles. The Hall–Kier alpha value is -1.77. The lowest BCUT2D eigenvalue weighted by atomic mass is 10.3. The maximum atomic E-state index is 3.78. The van der Waals surface area contributed by atoms with Crippen LogP contribution in [-0.4, -0.2) is 15.0 Å². The summed E-state index contributed by atoms with van der Waals surface area (Å²) in [6.45, 7) is 26.0. The molecule has 3 nitrogen and oxygen atoms in total. The van der Waals surface area contributed by atoms with E-state index in [-0.39, 0.29) is 0 Å². The maximum Gasteiger partial charge on any atom is 0.115 e. The van der Waals surface area contributed by atoms with E-state index in [2.05, 4.69) is 98.0 Å². The van der Waals surface area contributed by atoms with Crippen LogP contribution in [0.2, 0.25) is 0 Å². The molecule has 0 N–H and O–H groups in total. The van der Waals surface area contributed by atoms with Gasteiger partial charge in [0.1, 0.15) is 6.33 Å². The topological polar surface area (TPSA) is 38.7 Å². The van der Waals surface area contributed by atoms with Crippen LogP contribution in [0.15, 0.2) is 55.4 Å². The summed E-state index contributed by atoms with van der Waals surface area (Å²) in [4.78, 5) is 11.1. The van der Waals surface area contributed by atoms with Gasteiger partial charge in [0.25, 0.3) is 0 Å². The van der Waals surface area contributed by atoms with E-state index < -0.39 is 0 Å². The molecule has 28 heavy (non-hydrogen) atoms. The highest BCUT2D eigenvalue weighted by atomic mass is 14.8. The second kappa shape index (κ2) is 30.0. The Morgan fingerprint density at radius 2 is 0.607 bits per heavy atom. The van der Waals surface area contributed by atoms with E-state index >= 15 is 0 Å². The fraction of sp³-hybridized carbons (Fsp3) is 0.640. The van der Waals surface area contributed by atoms with Crippen LogP contribution in [0.5, 0.6) is 0 Å². The summed E-state index contributed by atoms with van der Waals surface area (Å²) in [6.07, 6.45) is 8.38. The smallest absolute Gasteiger partial charge is 0.115 e. The number of aromatic nitrogens is 3. The number of pyridine rings is 1. The van der Waals surface area contributed by atoms with Crippen molar-refractivity contribution < 1.29 is 0 Å². The van der Waals surface area contributed by atoms with Crippen LogP contribution in [0, 0.1) is 23.7 Å². The third-order valence-corrected chi connectivity index (χ3v) is 1.04. The van der Waals surface area contributed by atoms with E-state index in [4.69, 9.17) is 0 Å². The molecule has 0 saturated heterocycles. The molecular formula is C25H49N3. The largest absolute Gasteiger partial charge is 0.265 e. The molecule has 2 aromatic heterocycles. The first-order valence-corrected chi connectivity index (χ1v) is 10.5. The Kier molecular flexibility index (Phi) is 36.2. The first-order chi connectivity index (χ1) is 12.9. The number of rotatable bonds is 0. The van der Waals surface area contributed by atoms with Crippen molar-refractivity contribution >= 4 is 0 Å². The molecule has 0 radical (unpaired) electrons. The third-order valence-electron chi connectivity index (χ3n) is 1.04. The zero-order valence-electron chi connectivity index (χ0n) is 20.8. The normalized spacial score (nSPS) is 8.57. The summed E-state index contributed by atoms with van der Waals surface area (Å²) in [7, 11) is 0. The van der Waals surface area contributed by atoms with Crippen LogP contribution >= 0.6 is 0 Å². The number of hydrogen-bond donors (Lipinski definition) is 0. The van der Waals surface area contributed by atoms with Crippen molar-refractivity contribution in [3.63, 3.8) is 0 Å². The molecule has 0 unspecified atom stereocenters. The first-order valence-electron chi connectivity index (χ1n) is 10.5. The third kappa shape index (κ3) is 125. The summed E-state index contributed by atoms with van der Waals surface area (Å²) in [6, 6.07) is 7.49. The molecule has 0 bridgehead atoms. The molecule has 0 amide bonds. The van der Waals surface area contributed by atoms with Gasteiger partial charge in [-0.2, -0.15) is 0 Å². The zero-order chi connectivity index (χ0) is 22.8. The van der Waals surface area contributed by atoms with Crippen molar-refractivity contribution in [1.29, 1.82) is 0 Å². The van der Waals surface area contributed by atoms with E-state index in [0.717, 1.165) is 23.7 Å². The predicted octanol–water partition coefficient (Wildman–Crippen LogP) is 8.21. The Labute approximate surface area is 177 Å². The van der Waals surface area contributed by atoms with E-state index in [1.165, 1.54) is 6.33 Å². The quantitative estimate of drug-likeness (QED) is 0.454. The van der Waals surface area contributed by atoms with Crippen LogP contribution in [0.3, 0.4) is 0 Å². The van der Waals surface area contributed by atoms with E-state index in [0.29, 0.717) is 0 Å². The second-order valence-corrected chi connectivity index (χ2v) is 8.86. The molecule has 2 rings (SSSR count). The molecule has 0 spiro atoms. The van der Waals surface area contributed by atoms with Crippen molar-refractivity contribution in [2.24, 2.45) is 23.7 Å². The van der Waals surface area contributed by atoms with Gasteiger partial charge in [0.05, 0.1) is 0 Å². The summed E-state index contributed by atoms with van der Waals surface area (Å²) in [5.41, 5.74) is 0. The second-order valence-electron chi connectivity index (χ2n) is 8.86. The molecule has 0 aliphatic carbocycles. The molecule has 2 heterocycles. The molecule has 3 heteroatoms. The lowest BCUT2D eigenvalue weighted by Crippen LogP contribution is -1.66. The molecule has 0 fully saturated rings. The SMILES string of the molecule is CC(C)C.CC(C)C.CC(C)C.CC(C)C.c1ccncc1.c1cncnc1. The standard InChI is InChI=1S/C5H5N.C4H4N2.4C4H10/c1-2-4-6-5-3-1;1-2-5-4-6-3-1;4*1-4(2)3/h1-5H;1-4H;4*4H,1-3H3. The fourth-order valence-corrected chi connectivity index (χ4v) is 0.566.